The quantitative estimate of drug-likeness (QED) is 0.563. The first-order chi connectivity index (χ1) is 15.7. The van der Waals surface area contributed by atoms with Crippen LogP contribution in [0.25, 0.3) is 16.9 Å². The lowest BCUT2D eigenvalue weighted by Crippen LogP contribution is -2.40. The summed E-state index contributed by atoms with van der Waals surface area (Å²) in [5.41, 5.74) is 9.25. The van der Waals surface area contributed by atoms with E-state index in [0.29, 0.717) is 11.6 Å². The van der Waals surface area contributed by atoms with Gasteiger partial charge in [-0.25, -0.2) is 4.98 Å². The van der Waals surface area contributed by atoms with E-state index in [2.05, 4.69) is 20.0 Å². The summed E-state index contributed by atoms with van der Waals surface area (Å²) in [6, 6.07) is 8.65. The lowest BCUT2D eigenvalue weighted by atomic mass is 9.91. The van der Waals surface area contributed by atoms with Gasteiger partial charge >= 0.3 is 0 Å². The van der Waals surface area contributed by atoms with Crippen LogP contribution in [-0.4, -0.2) is 38.4 Å². The number of fused-ring (bicyclic) bond motifs is 1. The molecule has 2 aliphatic rings. The lowest BCUT2D eigenvalue weighted by molar-refractivity contribution is 0.0926. The third-order valence-electron chi connectivity index (χ3n) is 6.88. The first kappa shape index (κ1) is 20.9. The van der Waals surface area contributed by atoms with Crippen LogP contribution in [0.15, 0.2) is 42.9 Å². The van der Waals surface area contributed by atoms with Gasteiger partial charge in [-0.05, 0) is 62.8 Å². The van der Waals surface area contributed by atoms with Crippen molar-refractivity contribution in [2.24, 2.45) is 5.73 Å². The molecule has 3 aromatic rings. The van der Waals surface area contributed by atoms with Gasteiger partial charge in [0, 0.05) is 47.8 Å². The minimum Gasteiger partial charge on any atom is -0.367 e. The molecule has 7 heteroatoms. The van der Waals surface area contributed by atoms with Crippen LogP contribution in [0, 0.1) is 0 Å². The summed E-state index contributed by atoms with van der Waals surface area (Å²) >= 11 is 0. The van der Waals surface area contributed by atoms with Gasteiger partial charge in [0.25, 0.3) is 5.91 Å². The number of nitrogens with two attached hydrogens (primary N) is 1. The molecule has 2 fully saturated rings. The Balaban J connectivity index is 1.44. The van der Waals surface area contributed by atoms with Gasteiger partial charge in [-0.2, -0.15) is 0 Å². The Morgan fingerprint density at radius 2 is 1.84 bits per heavy atom. The first-order valence-corrected chi connectivity index (χ1v) is 11.9. The molecular weight excluding hydrogens is 400 g/mol. The maximum atomic E-state index is 12.9. The van der Waals surface area contributed by atoms with E-state index < -0.39 is 0 Å². The van der Waals surface area contributed by atoms with Crippen LogP contribution in [0.2, 0.25) is 0 Å². The number of hydrogen-bond donors (Lipinski definition) is 3. The molecule has 32 heavy (non-hydrogen) atoms. The summed E-state index contributed by atoms with van der Waals surface area (Å²) < 4.78 is 2.06. The number of imidazole rings is 1. The molecule has 1 amide bonds. The van der Waals surface area contributed by atoms with Crippen molar-refractivity contribution < 1.29 is 4.79 Å². The van der Waals surface area contributed by atoms with Crippen molar-refractivity contribution in [1.29, 1.82) is 0 Å². The molecule has 2 saturated carbocycles. The van der Waals surface area contributed by atoms with E-state index in [4.69, 9.17) is 10.7 Å². The van der Waals surface area contributed by atoms with Crippen molar-refractivity contribution in [3.63, 3.8) is 0 Å². The second-order valence-electron chi connectivity index (χ2n) is 9.26. The van der Waals surface area contributed by atoms with Gasteiger partial charge in [0.15, 0.2) is 0 Å². The number of pyridine rings is 2. The molecule has 0 unspecified atom stereocenters. The van der Waals surface area contributed by atoms with Crippen LogP contribution in [0.1, 0.15) is 68.1 Å². The Bertz CT molecular complexity index is 1060. The maximum Gasteiger partial charge on any atom is 0.251 e. The minimum atomic E-state index is -0.0410. The zero-order chi connectivity index (χ0) is 21.9. The molecule has 4 N–H and O–H groups in total. The van der Waals surface area contributed by atoms with Crippen molar-refractivity contribution in [2.75, 3.05) is 5.32 Å². The summed E-state index contributed by atoms with van der Waals surface area (Å²) in [4.78, 5) is 22.1. The van der Waals surface area contributed by atoms with Gasteiger partial charge < -0.3 is 16.4 Å². The second-order valence-corrected chi connectivity index (χ2v) is 9.26. The van der Waals surface area contributed by atoms with E-state index in [9.17, 15) is 4.79 Å². The number of nitrogens with zero attached hydrogens (tertiary/aromatic N) is 3. The van der Waals surface area contributed by atoms with E-state index in [-0.39, 0.29) is 18.0 Å². The molecule has 0 bridgehead atoms. The standard InChI is InChI=1S/C25H32N6O/c26-19-8-10-21(11-9-19)29-25(32)17-12-14-31-22(15-17)30-23(18-5-4-13-27-16-18)24(31)28-20-6-2-1-3-7-20/h4-5,12-16,19-21,28H,1-3,6-11,26H2,(H,29,32). The number of aromatic nitrogens is 3. The fourth-order valence-electron chi connectivity index (χ4n) is 5.00. The molecule has 0 aliphatic heterocycles. The van der Waals surface area contributed by atoms with Crippen molar-refractivity contribution >= 4 is 17.4 Å². The minimum absolute atomic E-state index is 0.0410. The highest BCUT2D eigenvalue weighted by molar-refractivity contribution is 5.95. The van der Waals surface area contributed by atoms with E-state index >= 15 is 0 Å². The zero-order valence-electron chi connectivity index (χ0n) is 18.5. The molecule has 168 valence electrons. The molecule has 0 radical (unpaired) electrons. The topological polar surface area (TPSA) is 97.3 Å². The number of amides is 1. The summed E-state index contributed by atoms with van der Waals surface area (Å²) in [5, 5.41) is 6.93. The smallest absolute Gasteiger partial charge is 0.251 e. The van der Waals surface area contributed by atoms with Crippen molar-refractivity contribution in [1.82, 2.24) is 19.7 Å². The van der Waals surface area contributed by atoms with Crippen LogP contribution in [0.5, 0.6) is 0 Å². The predicted molar refractivity (Wildman–Crippen MR) is 127 cm³/mol. The average Bonchev–Trinajstić information content (AvgIpc) is 3.19. The largest absolute Gasteiger partial charge is 0.367 e. The maximum absolute atomic E-state index is 12.9. The monoisotopic (exact) mass is 432 g/mol. The highest BCUT2D eigenvalue weighted by Crippen LogP contribution is 2.31. The average molecular weight is 433 g/mol. The van der Waals surface area contributed by atoms with E-state index in [1.54, 1.807) is 6.20 Å². The van der Waals surface area contributed by atoms with Gasteiger partial charge in [0.05, 0.1) is 0 Å². The van der Waals surface area contributed by atoms with E-state index in [0.717, 1.165) is 48.4 Å². The molecule has 3 heterocycles. The van der Waals surface area contributed by atoms with Crippen LogP contribution in [0.4, 0.5) is 5.82 Å². The number of carbonyl (C=O) groups excluding carboxylic acids is 1. The number of nitrogens with one attached hydrogen (secondary N) is 2. The van der Waals surface area contributed by atoms with E-state index in [1.165, 1.54) is 32.1 Å². The first-order valence-electron chi connectivity index (χ1n) is 11.9. The summed E-state index contributed by atoms with van der Waals surface area (Å²) in [7, 11) is 0. The number of rotatable bonds is 5. The predicted octanol–water partition coefficient (Wildman–Crippen LogP) is 4.14. The lowest BCUT2D eigenvalue weighted by Gasteiger charge is -2.26. The van der Waals surface area contributed by atoms with Gasteiger partial charge in [-0.15, -0.1) is 0 Å². The molecule has 0 saturated heterocycles. The third kappa shape index (κ3) is 4.48. The van der Waals surface area contributed by atoms with Crippen LogP contribution in [0.3, 0.4) is 0 Å². The van der Waals surface area contributed by atoms with Gasteiger partial charge in [0.2, 0.25) is 0 Å². The Labute approximate surface area is 188 Å². The van der Waals surface area contributed by atoms with Crippen molar-refractivity contribution in [3.05, 3.63) is 48.4 Å². The molecule has 0 aromatic carbocycles. The van der Waals surface area contributed by atoms with Gasteiger partial charge in [0.1, 0.15) is 17.2 Å². The molecule has 2 aliphatic carbocycles. The van der Waals surface area contributed by atoms with Crippen LogP contribution >= 0.6 is 0 Å². The number of hydrogen-bond acceptors (Lipinski definition) is 5. The second kappa shape index (κ2) is 9.28. The normalized spacial score (nSPS) is 22.0. The Kier molecular flexibility index (Phi) is 6.08. The zero-order valence-corrected chi connectivity index (χ0v) is 18.5. The van der Waals surface area contributed by atoms with Crippen LogP contribution < -0.4 is 16.4 Å². The van der Waals surface area contributed by atoms with Gasteiger partial charge in [-0.1, -0.05) is 19.3 Å². The molecular formula is C25H32N6O. The van der Waals surface area contributed by atoms with Gasteiger partial charge in [-0.3, -0.25) is 14.2 Å². The highest BCUT2D eigenvalue weighted by Gasteiger charge is 2.23. The molecule has 7 nitrogen and oxygen atoms in total. The fraction of sp³-hybridized carbons (Fsp3) is 0.480. The van der Waals surface area contributed by atoms with Crippen LogP contribution in [-0.2, 0) is 0 Å². The molecule has 3 aromatic heterocycles. The van der Waals surface area contributed by atoms with Crippen molar-refractivity contribution in [3.8, 4) is 11.3 Å². The summed E-state index contributed by atoms with van der Waals surface area (Å²) in [6.07, 6.45) is 15.6. The third-order valence-corrected chi connectivity index (χ3v) is 6.88. The fourth-order valence-corrected chi connectivity index (χ4v) is 5.00. The molecule has 5 rings (SSSR count). The molecule has 0 atom stereocenters. The Hall–Kier alpha value is -2.93. The summed E-state index contributed by atoms with van der Waals surface area (Å²) in [6.45, 7) is 0. The Morgan fingerprint density at radius 1 is 1.03 bits per heavy atom. The van der Waals surface area contributed by atoms with E-state index in [1.807, 2.05) is 36.7 Å². The summed E-state index contributed by atoms with van der Waals surface area (Å²) in [5.74, 6) is 0.939. The number of anilines is 1. The Morgan fingerprint density at radius 3 is 2.59 bits per heavy atom. The van der Waals surface area contributed by atoms with Crippen molar-refractivity contribution in [2.45, 2.75) is 75.9 Å². The number of carbonyl (C=O) groups is 1. The molecule has 0 spiro atoms. The highest BCUT2D eigenvalue weighted by atomic mass is 16.1. The SMILES string of the molecule is NC1CCC(NC(=O)c2ccn3c(NC4CCCCC4)c(-c4cccnc4)nc3c2)CC1.